The van der Waals surface area contributed by atoms with Crippen LogP contribution >= 0.6 is 0 Å². The van der Waals surface area contributed by atoms with Crippen LogP contribution in [-0.2, 0) is 11.2 Å². The molecule has 114 valence electrons. The molecule has 0 saturated heterocycles. The standard InChI is InChI=1S/C18H19NO3/c1-2-21-17-10-6-4-8-15(17)19-18(20)14-11-13-7-3-5-9-16(13)22-12-14/h3-10,14H,2,11-12H2,1H3,(H,19,20). The average molecular weight is 297 g/mol. The highest BCUT2D eigenvalue weighted by atomic mass is 16.5. The van der Waals surface area contributed by atoms with Crippen molar-refractivity contribution in [2.45, 2.75) is 13.3 Å². The molecule has 3 rings (SSSR count). The summed E-state index contributed by atoms with van der Waals surface area (Å²) in [4.78, 5) is 12.5. The molecular formula is C18H19NO3. The highest BCUT2D eigenvalue weighted by Crippen LogP contribution is 2.29. The lowest BCUT2D eigenvalue weighted by Gasteiger charge is -2.24. The molecule has 0 aliphatic carbocycles. The van der Waals surface area contributed by atoms with E-state index in [1.54, 1.807) is 0 Å². The maximum atomic E-state index is 12.5. The number of hydrogen-bond donors (Lipinski definition) is 1. The maximum Gasteiger partial charge on any atom is 0.231 e. The van der Waals surface area contributed by atoms with E-state index in [-0.39, 0.29) is 11.8 Å². The van der Waals surface area contributed by atoms with E-state index >= 15 is 0 Å². The zero-order valence-corrected chi connectivity index (χ0v) is 12.5. The minimum atomic E-state index is -0.190. The molecule has 0 fully saturated rings. The number of para-hydroxylation sites is 3. The average Bonchev–Trinajstić information content (AvgIpc) is 2.56. The van der Waals surface area contributed by atoms with E-state index in [1.807, 2.05) is 55.5 Å². The van der Waals surface area contributed by atoms with Crippen LogP contribution in [0.5, 0.6) is 11.5 Å². The van der Waals surface area contributed by atoms with Gasteiger partial charge in [0.1, 0.15) is 18.1 Å². The lowest BCUT2D eigenvalue weighted by molar-refractivity contribution is -0.121. The minimum Gasteiger partial charge on any atom is -0.492 e. The number of amides is 1. The number of ether oxygens (including phenoxy) is 2. The highest BCUT2D eigenvalue weighted by Gasteiger charge is 2.26. The van der Waals surface area contributed by atoms with Crippen LogP contribution in [0, 0.1) is 5.92 Å². The summed E-state index contributed by atoms with van der Waals surface area (Å²) in [5, 5.41) is 2.95. The highest BCUT2D eigenvalue weighted by molar-refractivity contribution is 5.94. The zero-order valence-electron chi connectivity index (χ0n) is 12.5. The van der Waals surface area contributed by atoms with Gasteiger partial charge in [0.2, 0.25) is 5.91 Å². The largest absolute Gasteiger partial charge is 0.492 e. The quantitative estimate of drug-likeness (QED) is 0.942. The SMILES string of the molecule is CCOc1ccccc1NC(=O)C1COc2ccccc2C1. The van der Waals surface area contributed by atoms with Crippen LogP contribution in [0.15, 0.2) is 48.5 Å². The summed E-state index contributed by atoms with van der Waals surface area (Å²) in [5.74, 6) is 1.34. The van der Waals surface area contributed by atoms with Gasteiger partial charge in [0.15, 0.2) is 0 Å². The number of carbonyl (C=O) groups is 1. The first-order valence-electron chi connectivity index (χ1n) is 7.51. The van der Waals surface area contributed by atoms with Gasteiger partial charge < -0.3 is 14.8 Å². The Hall–Kier alpha value is -2.49. The molecule has 0 saturated carbocycles. The molecule has 2 aromatic rings. The molecule has 22 heavy (non-hydrogen) atoms. The number of nitrogens with one attached hydrogen (secondary N) is 1. The molecule has 1 heterocycles. The van der Waals surface area contributed by atoms with Gasteiger partial charge in [0.25, 0.3) is 0 Å². The number of anilines is 1. The molecule has 0 spiro atoms. The summed E-state index contributed by atoms with van der Waals surface area (Å²) in [6.45, 7) is 2.89. The van der Waals surface area contributed by atoms with Gasteiger partial charge >= 0.3 is 0 Å². The fraction of sp³-hybridized carbons (Fsp3) is 0.278. The van der Waals surface area contributed by atoms with E-state index < -0.39 is 0 Å². The van der Waals surface area contributed by atoms with Gasteiger partial charge in [-0.25, -0.2) is 0 Å². The van der Waals surface area contributed by atoms with E-state index in [0.29, 0.717) is 31.1 Å². The van der Waals surface area contributed by atoms with Crippen LogP contribution in [0.3, 0.4) is 0 Å². The first kappa shape index (κ1) is 14.4. The fourth-order valence-electron chi connectivity index (χ4n) is 2.58. The summed E-state index contributed by atoms with van der Waals surface area (Å²) in [6, 6.07) is 15.3. The lowest BCUT2D eigenvalue weighted by atomic mass is 9.96. The van der Waals surface area contributed by atoms with Crippen molar-refractivity contribution in [3.63, 3.8) is 0 Å². The molecule has 4 nitrogen and oxygen atoms in total. The molecule has 4 heteroatoms. The third kappa shape index (κ3) is 3.06. The second kappa shape index (κ2) is 6.52. The summed E-state index contributed by atoms with van der Waals surface area (Å²) < 4.78 is 11.2. The number of rotatable bonds is 4. The van der Waals surface area contributed by atoms with Crippen molar-refractivity contribution < 1.29 is 14.3 Å². The summed E-state index contributed by atoms with van der Waals surface area (Å²) in [7, 11) is 0. The summed E-state index contributed by atoms with van der Waals surface area (Å²) in [5.41, 5.74) is 1.78. The molecule has 2 aromatic carbocycles. The van der Waals surface area contributed by atoms with Crippen LogP contribution in [0.2, 0.25) is 0 Å². The Balaban J connectivity index is 1.71. The third-order valence-corrected chi connectivity index (χ3v) is 3.69. The number of carbonyl (C=O) groups excluding carboxylic acids is 1. The molecule has 1 N–H and O–H groups in total. The van der Waals surface area contributed by atoms with E-state index in [4.69, 9.17) is 9.47 Å². The fourth-order valence-corrected chi connectivity index (χ4v) is 2.58. The second-order valence-corrected chi connectivity index (χ2v) is 5.24. The number of fused-ring (bicyclic) bond motifs is 1. The third-order valence-electron chi connectivity index (χ3n) is 3.69. The predicted molar refractivity (Wildman–Crippen MR) is 85.4 cm³/mol. The monoisotopic (exact) mass is 297 g/mol. The Morgan fingerprint density at radius 1 is 1.23 bits per heavy atom. The van der Waals surface area contributed by atoms with E-state index in [1.165, 1.54) is 0 Å². The molecule has 1 amide bonds. The van der Waals surface area contributed by atoms with Crippen molar-refractivity contribution in [3.05, 3.63) is 54.1 Å². The van der Waals surface area contributed by atoms with Crippen LogP contribution in [0.4, 0.5) is 5.69 Å². The summed E-state index contributed by atoms with van der Waals surface area (Å²) in [6.07, 6.45) is 0.693. The topological polar surface area (TPSA) is 47.6 Å². The van der Waals surface area contributed by atoms with Gasteiger partial charge in [0, 0.05) is 0 Å². The normalized spacial score (nSPS) is 16.3. The van der Waals surface area contributed by atoms with Crippen LogP contribution in [-0.4, -0.2) is 19.1 Å². The number of hydrogen-bond acceptors (Lipinski definition) is 3. The van der Waals surface area contributed by atoms with Crippen LogP contribution in [0.1, 0.15) is 12.5 Å². The molecule has 0 aromatic heterocycles. The van der Waals surface area contributed by atoms with Crippen molar-refractivity contribution in [2.75, 3.05) is 18.5 Å². The molecular weight excluding hydrogens is 278 g/mol. The maximum absolute atomic E-state index is 12.5. The van der Waals surface area contributed by atoms with Crippen molar-refractivity contribution in [2.24, 2.45) is 5.92 Å². The Morgan fingerprint density at radius 2 is 2.00 bits per heavy atom. The van der Waals surface area contributed by atoms with Crippen molar-refractivity contribution in [3.8, 4) is 11.5 Å². The zero-order chi connectivity index (χ0) is 15.4. The Kier molecular flexibility index (Phi) is 4.28. The van der Waals surface area contributed by atoms with Crippen molar-refractivity contribution in [1.82, 2.24) is 0 Å². The van der Waals surface area contributed by atoms with Gasteiger partial charge in [-0.15, -0.1) is 0 Å². The first-order valence-corrected chi connectivity index (χ1v) is 7.51. The number of benzene rings is 2. The molecule has 1 aliphatic heterocycles. The molecule has 1 unspecified atom stereocenters. The van der Waals surface area contributed by atoms with Crippen LogP contribution in [0.25, 0.3) is 0 Å². The van der Waals surface area contributed by atoms with Gasteiger partial charge in [-0.05, 0) is 37.1 Å². The molecule has 0 bridgehead atoms. The Labute approximate surface area is 130 Å². The van der Waals surface area contributed by atoms with Gasteiger partial charge in [-0.3, -0.25) is 4.79 Å². The predicted octanol–water partition coefficient (Wildman–Crippen LogP) is 3.28. The van der Waals surface area contributed by atoms with Crippen LogP contribution < -0.4 is 14.8 Å². The van der Waals surface area contributed by atoms with Gasteiger partial charge in [0.05, 0.1) is 18.2 Å². The summed E-state index contributed by atoms with van der Waals surface area (Å²) >= 11 is 0. The molecule has 0 radical (unpaired) electrons. The van der Waals surface area contributed by atoms with E-state index in [2.05, 4.69) is 5.32 Å². The lowest BCUT2D eigenvalue weighted by Crippen LogP contribution is -2.32. The Bertz CT molecular complexity index is 669. The smallest absolute Gasteiger partial charge is 0.231 e. The second-order valence-electron chi connectivity index (χ2n) is 5.24. The van der Waals surface area contributed by atoms with Gasteiger partial charge in [-0.2, -0.15) is 0 Å². The van der Waals surface area contributed by atoms with E-state index in [9.17, 15) is 4.79 Å². The Morgan fingerprint density at radius 3 is 2.86 bits per heavy atom. The molecule has 1 atom stereocenters. The van der Waals surface area contributed by atoms with E-state index in [0.717, 1.165) is 11.3 Å². The first-order chi connectivity index (χ1) is 10.8. The van der Waals surface area contributed by atoms with Gasteiger partial charge in [-0.1, -0.05) is 30.3 Å². The minimum absolute atomic E-state index is 0.0401. The molecule has 1 aliphatic rings. The van der Waals surface area contributed by atoms with Crippen molar-refractivity contribution in [1.29, 1.82) is 0 Å². The van der Waals surface area contributed by atoms with Crippen molar-refractivity contribution >= 4 is 11.6 Å².